The number of halogens is 1. The summed E-state index contributed by atoms with van der Waals surface area (Å²) >= 11 is 5.92. The number of nitrogens with zero attached hydrogens (tertiary/aromatic N) is 2. The van der Waals surface area contributed by atoms with Gasteiger partial charge in [-0.3, -0.25) is 0 Å². The van der Waals surface area contributed by atoms with E-state index in [-0.39, 0.29) is 0 Å². The summed E-state index contributed by atoms with van der Waals surface area (Å²) in [6, 6.07) is 0.390. The van der Waals surface area contributed by atoms with E-state index in [0.717, 1.165) is 32.5 Å². The van der Waals surface area contributed by atoms with Gasteiger partial charge in [-0.1, -0.05) is 11.6 Å². The van der Waals surface area contributed by atoms with Crippen molar-refractivity contribution in [1.29, 1.82) is 0 Å². The third kappa shape index (κ3) is 3.04. The van der Waals surface area contributed by atoms with E-state index in [1.54, 1.807) is 12.4 Å². The van der Waals surface area contributed by atoms with E-state index in [9.17, 15) is 0 Å². The van der Waals surface area contributed by atoms with Crippen LogP contribution in [0.5, 0.6) is 0 Å². The van der Waals surface area contributed by atoms with Crippen LogP contribution in [0.2, 0.25) is 5.15 Å². The van der Waals surface area contributed by atoms with Gasteiger partial charge in [0.1, 0.15) is 0 Å². The third-order valence-corrected chi connectivity index (χ3v) is 2.72. The van der Waals surface area contributed by atoms with E-state index in [1.165, 1.54) is 0 Å². The van der Waals surface area contributed by atoms with E-state index in [4.69, 9.17) is 16.3 Å². The molecule has 15 heavy (non-hydrogen) atoms. The maximum atomic E-state index is 5.92. The highest BCUT2D eigenvalue weighted by Gasteiger charge is 2.14. The first-order valence-corrected chi connectivity index (χ1v) is 5.55. The lowest BCUT2D eigenvalue weighted by atomic mass is 10.1. The van der Waals surface area contributed by atoms with Crippen LogP contribution in [-0.2, 0) is 4.74 Å². The van der Waals surface area contributed by atoms with Crippen molar-refractivity contribution in [3.8, 4) is 0 Å². The van der Waals surface area contributed by atoms with Crippen LogP contribution < -0.4 is 5.32 Å². The first-order chi connectivity index (χ1) is 7.36. The molecule has 1 aliphatic heterocycles. The van der Waals surface area contributed by atoms with Crippen LogP contribution in [0.15, 0.2) is 12.4 Å². The van der Waals surface area contributed by atoms with Gasteiger partial charge in [-0.2, -0.15) is 0 Å². The Kier molecular flexibility index (Phi) is 3.75. The topological polar surface area (TPSA) is 47.0 Å². The second-order valence-corrected chi connectivity index (χ2v) is 3.94. The van der Waals surface area contributed by atoms with Gasteiger partial charge in [-0.05, 0) is 19.3 Å². The molecule has 1 saturated heterocycles. The molecule has 1 atom stereocenters. The second-order valence-electron chi connectivity index (χ2n) is 3.58. The van der Waals surface area contributed by atoms with E-state index in [1.807, 2.05) is 0 Å². The monoisotopic (exact) mass is 227 g/mol. The highest BCUT2D eigenvalue weighted by Crippen LogP contribution is 2.19. The molecule has 0 bridgehead atoms. The molecular formula is C10H14ClN3O. The number of hydrogen-bond donors (Lipinski definition) is 1. The fraction of sp³-hybridized carbons (Fsp3) is 0.600. The van der Waals surface area contributed by atoms with Gasteiger partial charge in [0.2, 0.25) is 0 Å². The van der Waals surface area contributed by atoms with Gasteiger partial charge < -0.3 is 10.1 Å². The number of hydrogen-bond acceptors (Lipinski definition) is 4. The normalized spacial score (nSPS) is 22.1. The maximum Gasteiger partial charge on any atom is 0.171 e. The standard InChI is InChI=1S/C10H14ClN3O/c11-9-10(13-5-4-12-9)14-8-2-1-6-15-7-3-8/h4-5,8H,1-3,6-7H2,(H,13,14). The van der Waals surface area contributed by atoms with Crippen molar-refractivity contribution in [3.63, 3.8) is 0 Å². The average molecular weight is 228 g/mol. The molecule has 0 radical (unpaired) electrons. The zero-order chi connectivity index (χ0) is 10.5. The largest absolute Gasteiger partial charge is 0.381 e. The van der Waals surface area contributed by atoms with Gasteiger partial charge in [0.05, 0.1) is 0 Å². The molecule has 1 aliphatic rings. The summed E-state index contributed by atoms with van der Waals surface area (Å²) in [5.41, 5.74) is 0. The van der Waals surface area contributed by atoms with Crippen molar-refractivity contribution in [1.82, 2.24) is 9.97 Å². The van der Waals surface area contributed by atoms with E-state index >= 15 is 0 Å². The van der Waals surface area contributed by atoms with Crippen LogP contribution in [0.4, 0.5) is 5.82 Å². The van der Waals surface area contributed by atoms with Crippen LogP contribution in [0, 0.1) is 0 Å². The molecular weight excluding hydrogens is 214 g/mol. The summed E-state index contributed by atoms with van der Waals surface area (Å²) in [7, 11) is 0. The van der Waals surface area contributed by atoms with Crippen molar-refractivity contribution in [2.45, 2.75) is 25.3 Å². The Labute approximate surface area is 94.0 Å². The maximum absolute atomic E-state index is 5.92. The number of rotatable bonds is 2. The molecule has 82 valence electrons. The van der Waals surface area contributed by atoms with Crippen molar-refractivity contribution < 1.29 is 4.74 Å². The Morgan fingerprint density at radius 2 is 2.13 bits per heavy atom. The molecule has 1 N–H and O–H groups in total. The molecule has 0 amide bonds. The summed E-state index contributed by atoms with van der Waals surface area (Å²) in [4.78, 5) is 8.13. The number of aromatic nitrogens is 2. The van der Waals surface area contributed by atoms with E-state index in [0.29, 0.717) is 17.0 Å². The van der Waals surface area contributed by atoms with Crippen LogP contribution in [-0.4, -0.2) is 29.2 Å². The predicted octanol–water partition coefficient (Wildman–Crippen LogP) is 2.11. The van der Waals surface area contributed by atoms with Gasteiger partial charge in [-0.15, -0.1) is 0 Å². The second kappa shape index (κ2) is 5.28. The Hall–Kier alpha value is -0.870. The lowest BCUT2D eigenvalue weighted by Crippen LogP contribution is -2.20. The van der Waals surface area contributed by atoms with Gasteiger partial charge in [0.15, 0.2) is 11.0 Å². The van der Waals surface area contributed by atoms with E-state index < -0.39 is 0 Å². The zero-order valence-electron chi connectivity index (χ0n) is 8.45. The molecule has 4 nitrogen and oxygen atoms in total. The SMILES string of the molecule is Clc1nccnc1NC1CCCOCC1. The lowest BCUT2D eigenvalue weighted by molar-refractivity contribution is 0.144. The summed E-state index contributed by atoms with van der Waals surface area (Å²) in [6.45, 7) is 1.65. The van der Waals surface area contributed by atoms with Crippen molar-refractivity contribution in [2.24, 2.45) is 0 Å². The van der Waals surface area contributed by atoms with Crippen LogP contribution in [0.25, 0.3) is 0 Å². The first kappa shape index (κ1) is 10.6. The highest BCUT2D eigenvalue weighted by atomic mass is 35.5. The molecule has 2 heterocycles. The van der Waals surface area contributed by atoms with Crippen LogP contribution in [0.1, 0.15) is 19.3 Å². The molecule has 1 fully saturated rings. The van der Waals surface area contributed by atoms with E-state index in [2.05, 4.69) is 15.3 Å². The first-order valence-electron chi connectivity index (χ1n) is 5.17. The quantitative estimate of drug-likeness (QED) is 0.841. The van der Waals surface area contributed by atoms with Crippen molar-refractivity contribution in [3.05, 3.63) is 17.5 Å². The van der Waals surface area contributed by atoms with Crippen molar-refractivity contribution >= 4 is 17.4 Å². The van der Waals surface area contributed by atoms with Crippen molar-refractivity contribution in [2.75, 3.05) is 18.5 Å². The molecule has 5 heteroatoms. The van der Waals surface area contributed by atoms with Gasteiger partial charge in [0, 0.05) is 31.6 Å². The summed E-state index contributed by atoms with van der Waals surface area (Å²) < 4.78 is 5.38. The Bertz CT molecular complexity index is 313. The zero-order valence-corrected chi connectivity index (χ0v) is 9.20. The molecule has 1 aromatic rings. The Morgan fingerprint density at radius 3 is 3.00 bits per heavy atom. The lowest BCUT2D eigenvalue weighted by Gasteiger charge is -2.16. The fourth-order valence-electron chi connectivity index (χ4n) is 1.66. The molecule has 2 rings (SSSR count). The van der Waals surface area contributed by atoms with Gasteiger partial charge in [-0.25, -0.2) is 9.97 Å². The summed E-state index contributed by atoms with van der Waals surface area (Å²) in [5, 5.41) is 3.74. The smallest absolute Gasteiger partial charge is 0.171 e. The summed E-state index contributed by atoms with van der Waals surface area (Å²) in [6.07, 6.45) is 6.39. The minimum absolute atomic E-state index is 0.390. The molecule has 0 aromatic carbocycles. The van der Waals surface area contributed by atoms with Crippen LogP contribution >= 0.6 is 11.6 Å². The fourth-order valence-corrected chi connectivity index (χ4v) is 1.82. The minimum Gasteiger partial charge on any atom is -0.381 e. The number of nitrogens with one attached hydrogen (secondary N) is 1. The molecule has 0 aliphatic carbocycles. The number of anilines is 1. The molecule has 1 aromatic heterocycles. The number of ether oxygens (including phenoxy) is 1. The van der Waals surface area contributed by atoms with Gasteiger partial charge in [0.25, 0.3) is 0 Å². The average Bonchev–Trinajstić information content (AvgIpc) is 2.50. The third-order valence-electron chi connectivity index (χ3n) is 2.45. The predicted molar refractivity (Wildman–Crippen MR) is 59.1 cm³/mol. The Morgan fingerprint density at radius 1 is 1.27 bits per heavy atom. The van der Waals surface area contributed by atoms with Crippen LogP contribution in [0.3, 0.4) is 0 Å². The minimum atomic E-state index is 0.390. The summed E-state index contributed by atoms with van der Waals surface area (Å²) in [5.74, 6) is 0.672. The molecule has 0 spiro atoms. The molecule has 1 unspecified atom stereocenters. The highest BCUT2D eigenvalue weighted by molar-refractivity contribution is 6.31. The van der Waals surface area contributed by atoms with Gasteiger partial charge >= 0.3 is 0 Å². The Balaban J connectivity index is 1.98. The molecule has 0 saturated carbocycles.